The van der Waals surface area contributed by atoms with Gasteiger partial charge in [-0.3, -0.25) is 0 Å². The van der Waals surface area contributed by atoms with Crippen LogP contribution in [-0.4, -0.2) is 46.7 Å². The molecule has 2 rings (SSSR count). The van der Waals surface area contributed by atoms with E-state index in [9.17, 15) is 8.42 Å². The summed E-state index contributed by atoms with van der Waals surface area (Å²) in [5.74, 6) is 1.39. The molecule has 0 spiro atoms. The SMILES string of the molecule is COCCNCC(Cc1ccsc1)C1CCS(=O)(=O)C1. The maximum absolute atomic E-state index is 11.7. The van der Waals surface area contributed by atoms with Crippen molar-refractivity contribution < 1.29 is 13.2 Å². The highest BCUT2D eigenvalue weighted by Crippen LogP contribution is 2.28. The van der Waals surface area contributed by atoms with E-state index in [1.165, 1.54) is 5.56 Å². The zero-order chi connectivity index (χ0) is 14.4. The van der Waals surface area contributed by atoms with Crippen molar-refractivity contribution in [2.24, 2.45) is 11.8 Å². The topological polar surface area (TPSA) is 55.4 Å². The Morgan fingerprint density at radius 2 is 2.40 bits per heavy atom. The van der Waals surface area contributed by atoms with Crippen LogP contribution >= 0.6 is 11.3 Å². The van der Waals surface area contributed by atoms with Gasteiger partial charge < -0.3 is 10.1 Å². The smallest absolute Gasteiger partial charge is 0.150 e. The second-order valence-electron chi connectivity index (χ2n) is 5.46. The van der Waals surface area contributed by atoms with Crippen molar-refractivity contribution >= 4 is 21.2 Å². The van der Waals surface area contributed by atoms with Gasteiger partial charge in [-0.2, -0.15) is 11.3 Å². The summed E-state index contributed by atoms with van der Waals surface area (Å²) in [5.41, 5.74) is 1.32. The normalized spacial score (nSPS) is 22.9. The van der Waals surface area contributed by atoms with Crippen LogP contribution in [-0.2, 0) is 21.0 Å². The summed E-state index contributed by atoms with van der Waals surface area (Å²) in [4.78, 5) is 0. The predicted octanol–water partition coefficient (Wildman–Crippen LogP) is 1.58. The molecule has 2 heterocycles. The van der Waals surface area contributed by atoms with Gasteiger partial charge in [0.1, 0.15) is 0 Å². The number of sulfone groups is 1. The molecule has 0 aromatic carbocycles. The molecule has 6 heteroatoms. The fourth-order valence-corrected chi connectivity index (χ4v) is 5.38. The van der Waals surface area contributed by atoms with Gasteiger partial charge in [0.2, 0.25) is 0 Å². The molecule has 1 aromatic heterocycles. The number of nitrogens with one attached hydrogen (secondary N) is 1. The first-order valence-corrected chi connectivity index (χ1v) is 9.78. The Labute approximate surface area is 125 Å². The van der Waals surface area contributed by atoms with Gasteiger partial charge in [-0.15, -0.1) is 0 Å². The van der Waals surface area contributed by atoms with Gasteiger partial charge in [0.25, 0.3) is 0 Å². The van der Waals surface area contributed by atoms with Crippen molar-refractivity contribution in [3.8, 4) is 0 Å². The van der Waals surface area contributed by atoms with E-state index in [4.69, 9.17) is 4.74 Å². The Hall–Kier alpha value is -0.430. The van der Waals surface area contributed by atoms with Gasteiger partial charge in [0.05, 0.1) is 18.1 Å². The van der Waals surface area contributed by atoms with E-state index >= 15 is 0 Å². The molecule has 0 bridgehead atoms. The van der Waals surface area contributed by atoms with Crippen LogP contribution in [0.4, 0.5) is 0 Å². The third-order valence-electron chi connectivity index (χ3n) is 3.90. The average molecular weight is 317 g/mol. The van der Waals surface area contributed by atoms with Gasteiger partial charge >= 0.3 is 0 Å². The summed E-state index contributed by atoms with van der Waals surface area (Å²) < 4.78 is 28.4. The molecule has 2 unspecified atom stereocenters. The highest BCUT2D eigenvalue weighted by molar-refractivity contribution is 7.91. The van der Waals surface area contributed by atoms with Gasteiger partial charge in [-0.1, -0.05) is 0 Å². The monoisotopic (exact) mass is 317 g/mol. The van der Waals surface area contributed by atoms with Crippen LogP contribution in [0.5, 0.6) is 0 Å². The minimum atomic E-state index is -2.80. The fraction of sp³-hybridized carbons (Fsp3) is 0.714. The van der Waals surface area contributed by atoms with E-state index in [2.05, 4.69) is 22.1 Å². The molecule has 1 aliphatic heterocycles. The molecule has 2 atom stereocenters. The zero-order valence-corrected chi connectivity index (χ0v) is 13.5. The van der Waals surface area contributed by atoms with E-state index < -0.39 is 9.84 Å². The Bertz CT molecular complexity index is 485. The molecule has 0 aliphatic carbocycles. The van der Waals surface area contributed by atoms with Crippen LogP contribution in [0.1, 0.15) is 12.0 Å². The minimum Gasteiger partial charge on any atom is -0.383 e. The first kappa shape index (κ1) is 15.9. The molecule has 1 fully saturated rings. The van der Waals surface area contributed by atoms with Crippen LogP contribution in [0, 0.1) is 11.8 Å². The molecule has 114 valence electrons. The molecule has 1 aliphatic rings. The number of thiophene rings is 1. The number of methoxy groups -OCH3 is 1. The third-order valence-corrected chi connectivity index (χ3v) is 6.43. The third kappa shape index (κ3) is 4.84. The van der Waals surface area contributed by atoms with Crippen molar-refractivity contribution in [2.75, 3.05) is 38.3 Å². The lowest BCUT2D eigenvalue weighted by Gasteiger charge is -2.22. The predicted molar refractivity (Wildman–Crippen MR) is 83.0 cm³/mol. The lowest BCUT2D eigenvalue weighted by Crippen LogP contribution is -2.32. The van der Waals surface area contributed by atoms with E-state index in [0.717, 1.165) is 25.9 Å². The lowest BCUT2D eigenvalue weighted by molar-refractivity contribution is 0.195. The van der Waals surface area contributed by atoms with Crippen molar-refractivity contribution in [3.63, 3.8) is 0 Å². The van der Waals surface area contributed by atoms with E-state index in [1.54, 1.807) is 18.4 Å². The second-order valence-corrected chi connectivity index (χ2v) is 8.46. The average Bonchev–Trinajstić information content (AvgIpc) is 3.02. The van der Waals surface area contributed by atoms with Gasteiger partial charge in [-0.25, -0.2) is 8.42 Å². The minimum absolute atomic E-state index is 0.287. The first-order valence-electron chi connectivity index (χ1n) is 7.02. The Morgan fingerprint density at radius 3 is 3.00 bits per heavy atom. The summed E-state index contributed by atoms with van der Waals surface area (Å²) in [6.07, 6.45) is 1.77. The van der Waals surface area contributed by atoms with Crippen molar-refractivity contribution in [2.45, 2.75) is 12.8 Å². The van der Waals surface area contributed by atoms with Crippen molar-refractivity contribution in [3.05, 3.63) is 22.4 Å². The second kappa shape index (κ2) is 7.54. The summed E-state index contributed by atoms with van der Waals surface area (Å²) >= 11 is 1.70. The highest BCUT2D eigenvalue weighted by Gasteiger charge is 2.33. The maximum Gasteiger partial charge on any atom is 0.150 e. The van der Waals surface area contributed by atoms with Crippen molar-refractivity contribution in [1.82, 2.24) is 5.32 Å². The molecular weight excluding hydrogens is 294 g/mol. The van der Waals surface area contributed by atoms with Crippen LogP contribution in [0.3, 0.4) is 0 Å². The molecule has 0 saturated carbocycles. The van der Waals surface area contributed by atoms with Crippen LogP contribution in [0.2, 0.25) is 0 Å². The fourth-order valence-electron chi connectivity index (χ4n) is 2.77. The molecular formula is C14H23NO3S2. The molecule has 4 nitrogen and oxygen atoms in total. The largest absolute Gasteiger partial charge is 0.383 e. The number of ether oxygens (including phenoxy) is 1. The Kier molecular flexibility index (Phi) is 6.01. The maximum atomic E-state index is 11.7. The Morgan fingerprint density at radius 1 is 1.55 bits per heavy atom. The number of hydrogen-bond donors (Lipinski definition) is 1. The zero-order valence-electron chi connectivity index (χ0n) is 11.9. The number of hydrogen-bond acceptors (Lipinski definition) is 5. The lowest BCUT2D eigenvalue weighted by atomic mass is 9.87. The van der Waals surface area contributed by atoms with Crippen LogP contribution in [0.15, 0.2) is 16.8 Å². The Balaban J connectivity index is 1.92. The van der Waals surface area contributed by atoms with E-state index in [1.807, 2.05) is 0 Å². The molecule has 0 radical (unpaired) electrons. The van der Waals surface area contributed by atoms with E-state index in [-0.39, 0.29) is 5.92 Å². The summed E-state index contributed by atoms with van der Waals surface area (Å²) in [7, 11) is -1.12. The van der Waals surface area contributed by atoms with Gasteiger partial charge in [-0.05, 0) is 53.6 Å². The van der Waals surface area contributed by atoms with Crippen LogP contribution < -0.4 is 5.32 Å². The molecule has 0 amide bonds. The molecule has 1 N–H and O–H groups in total. The van der Waals surface area contributed by atoms with Gasteiger partial charge in [0, 0.05) is 13.7 Å². The summed E-state index contributed by atoms with van der Waals surface area (Å²) in [6.45, 7) is 2.36. The standard InChI is InChI=1S/C14H23NO3S2/c1-18-5-4-15-9-14(8-12-2-6-19-10-12)13-3-7-20(16,17)11-13/h2,6,10,13-15H,3-5,7-9,11H2,1H3. The first-order chi connectivity index (χ1) is 9.61. The van der Waals surface area contributed by atoms with E-state index in [0.29, 0.717) is 24.0 Å². The highest BCUT2D eigenvalue weighted by atomic mass is 32.2. The van der Waals surface area contributed by atoms with Crippen LogP contribution in [0.25, 0.3) is 0 Å². The quantitative estimate of drug-likeness (QED) is 0.740. The molecule has 1 aromatic rings. The summed E-state index contributed by atoms with van der Waals surface area (Å²) in [5, 5.41) is 7.62. The number of rotatable bonds is 8. The van der Waals surface area contributed by atoms with Gasteiger partial charge in [0.15, 0.2) is 9.84 Å². The summed E-state index contributed by atoms with van der Waals surface area (Å²) in [6, 6.07) is 2.14. The molecule has 20 heavy (non-hydrogen) atoms. The van der Waals surface area contributed by atoms with Crippen molar-refractivity contribution in [1.29, 1.82) is 0 Å². The molecule has 1 saturated heterocycles.